The van der Waals surface area contributed by atoms with E-state index in [9.17, 15) is 0 Å². The van der Waals surface area contributed by atoms with Crippen LogP contribution in [-0.4, -0.2) is 37.1 Å². The number of aromatic nitrogens is 1. The average molecular weight is 355 g/mol. The van der Waals surface area contributed by atoms with Crippen molar-refractivity contribution in [3.63, 3.8) is 0 Å². The van der Waals surface area contributed by atoms with Gasteiger partial charge in [-0.2, -0.15) is 0 Å². The molecule has 4 nitrogen and oxygen atoms in total. The van der Waals surface area contributed by atoms with Gasteiger partial charge in [-0.05, 0) is 44.8 Å². The third-order valence-electron chi connectivity index (χ3n) is 4.22. The molecule has 0 fully saturated rings. The summed E-state index contributed by atoms with van der Waals surface area (Å²) >= 11 is 6.55. The van der Waals surface area contributed by atoms with E-state index in [4.69, 9.17) is 25.7 Å². The van der Waals surface area contributed by atoms with E-state index in [1.165, 1.54) is 0 Å². The molecule has 128 valence electrons. The van der Waals surface area contributed by atoms with Crippen LogP contribution in [0.1, 0.15) is 6.42 Å². The van der Waals surface area contributed by atoms with Gasteiger partial charge in [-0.25, -0.2) is 4.98 Å². The van der Waals surface area contributed by atoms with Crippen molar-refractivity contribution in [2.45, 2.75) is 6.42 Å². The number of pyridine rings is 1. The second-order valence-corrected chi connectivity index (χ2v) is 6.76. The van der Waals surface area contributed by atoms with Gasteiger partial charge in [0, 0.05) is 11.9 Å². The van der Waals surface area contributed by atoms with Crippen LogP contribution in [0.3, 0.4) is 0 Å². The zero-order chi connectivity index (χ0) is 17.4. The molecule has 0 saturated heterocycles. The Morgan fingerprint density at radius 1 is 1.12 bits per heavy atom. The van der Waals surface area contributed by atoms with Gasteiger partial charge in [0.1, 0.15) is 16.8 Å². The third-order valence-corrected chi connectivity index (χ3v) is 4.60. The minimum atomic E-state index is 0.602. The van der Waals surface area contributed by atoms with E-state index in [1.54, 1.807) is 0 Å². The standard InChI is InChI=1S/C20H19ClN2O2/c1-23(2)10-5-11-24-13-8-9-17-15(12-13)19-20(25-17)18(21)14-6-3-4-7-16(14)22-19/h3-4,6-9,12H,5,10-11H2,1-2H3. The van der Waals surface area contributed by atoms with E-state index in [0.717, 1.165) is 46.1 Å². The highest BCUT2D eigenvalue weighted by molar-refractivity contribution is 6.40. The van der Waals surface area contributed by atoms with Crippen molar-refractivity contribution in [3.8, 4) is 5.75 Å². The lowest BCUT2D eigenvalue weighted by atomic mass is 10.1. The lowest BCUT2D eigenvalue weighted by Gasteiger charge is -2.10. The van der Waals surface area contributed by atoms with Crippen molar-refractivity contribution < 1.29 is 9.15 Å². The first kappa shape index (κ1) is 16.2. The molecule has 0 aliphatic rings. The second kappa shape index (κ2) is 6.54. The molecule has 4 aromatic rings. The number of hydrogen-bond donors (Lipinski definition) is 0. The topological polar surface area (TPSA) is 38.5 Å². The van der Waals surface area contributed by atoms with Crippen molar-refractivity contribution in [1.82, 2.24) is 9.88 Å². The molecule has 0 aliphatic carbocycles. The van der Waals surface area contributed by atoms with Gasteiger partial charge in [0.05, 0.1) is 22.5 Å². The number of para-hydroxylation sites is 1. The minimum absolute atomic E-state index is 0.602. The van der Waals surface area contributed by atoms with Gasteiger partial charge in [0.25, 0.3) is 0 Å². The summed E-state index contributed by atoms with van der Waals surface area (Å²) in [5, 5.41) is 2.42. The lowest BCUT2D eigenvalue weighted by molar-refractivity contribution is 0.282. The van der Waals surface area contributed by atoms with Crippen LogP contribution in [0.25, 0.3) is 33.0 Å². The van der Waals surface area contributed by atoms with Crippen LogP contribution in [0, 0.1) is 0 Å². The van der Waals surface area contributed by atoms with Crippen LogP contribution < -0.4 is 4.74 Å². The molecule has 0 N–H and O–H groups in total. The maximum absolute atomic E-state index is 6.55. The van der Waals surface area contributed by atoms with Crippen molar-refractivity contribution >= 4 is 44.6 Å². The van der Waals surface area contributed by atoms with Crippen LogP contribution in [0.15, 0.2) is 46.9 Å². The highest BCUT2D eigenvalue weighted by atomic mass is 35.5. The molecule has 0 aliphatic heterocycles. The molecule has 0 unspecified atom stereocenters. The Bertz CT molecular complexity index is 1060. The van der Waals surface area contributed by atoms with E-state index >= 15 is 0 Å². The average Bonchev–Trinajstić information content (AvgIpc) is 2.97. The Balaban J connectivity index is 1.75. The summed E-state index contributed by atoms with van der Waals surface area (Å²) in [6.45, 7) is 1.68. The van der Waals surface area contributed by atoms with Gasteiger partial charge >= 0.3 is 0 Å². The predicted octanol–water partition coefficient (Wildman–Crippen LogP) is 5.12. The van der Waals surface area contributed by atoms with Gasteiger partial charge in [-0.3, -0.25) is 0 Å². The zero-order valence-corrected chi connectivity index (χ0v) is 15.0. The molecule has 0 atom stereocenters. The normalized spacial score (nSPS) is 11.8. The van der Waals surface area contributed by atoms with Crippen LogP contribution in [0.5, 0.6) is 5.75 Å². The van der Waals surface area contributed by atoms with E-state index in [1.807, 2.05) is 42.5 Å². The molecule has 0 amide bonds. The first-order valence-electron chi connectivity index (χ1n) is 8.31. The van der Waals surface area contributed by atoms with Gasteiger partial charge < -0.3 is 14.1 Å². The summed E-state index contributed by atoms with van der Waals surface area (Å²) in [5.74, 6) is 0.819. The van der Waals surface area contributed by atoms with Gasteiger partial charge in [-0.15, -0.1) is 0 Å². The fourth-order valence-corrected chi connectivity index (χ4v) is 3.27. The summed E-state index contributed by atoms with van der Waals surface area (Å²) in [6, 6.07) is 13.6. The number of halogens is 1. The first-order valence-corrected chi connectivity index (χ1v) is 8.69. The highest BCUT2D eigenvalue weighted by Gasteiger charge is 2.15. The van der Waals surface area contributed by atoms with Crippen molar-refractivity contribution in [2.24, 2.45) is 0 Å². The molecule has 2 heterocycles. The molecule has 0 radical (unpaired) electrons. The number of benzene rings is 2. The van der Waals surface area contributed by atoms with Crippen LogP contribution in [-0.2, 0) is 0 Å². The number of furan rings is 1. The molecule has 2 aromatic heterocycles. The number of fused-ring (bicyclic) bond motifs is 4. The molecule has 0 bridgehead atoms. The van der Waals surface area contributed by atoms with Gasteiger partial charge in [-0.1, -0.05) is 29.8 Å². The summed E-state index contributed by atoms with van der Waals surface area (Å²) in [6.07, 6.45) is 0.978. The maximum atomic E-state index is 6.55. The van der Waals surface area contributed by atoms with E-state index in [2.05, 4.69) is 19.0 Å². The van der Waals surface area contributed by atoms with E-state index in [0.29, 0.717) is 17.2 Å². The fourth-order valence-electron chi connectivity index (χ4n) is 2.98. The van der Waals surface area contributed by atoms with Crippen LogP contribution >= 0.6 is 11.6 Å². The smallest absolute Gasteiger partial charge is 0.173 e. The van der Waals surface area contributed by atoms with Crippen molar-refractivity contribution in [1.29, 1.82) is 0 Å². The zero-order valence-electron chi connectivity index (χ0n) is 14.3. The maximum Gasteiger partial charge on any atom is 0.173 e. The van der Waals surface area contributed by atoms with Gasteiger partial charge in [0.2, 0.25) is 0 Å². The van der Waals surface area contributed by atoms with E-state index < -0.39 is 0 Å². The molecule has 4 rings (SSSR count). The monoisotopic (exact) mass is 354 g/mol. The van der Waals surface area contributed by atoms with Crippen molar-refractivity contribution in [3.05, 3.63) is 47.5 Å². The third kappa shape index (κ3) is 3.03. The highest BCUT2D eigenvalue weighted by Crippen LogP contribution is 2.37. The predicted molar refractivity (Wildman–Crippen MR) is 103 cm³/mol. The number of ether oxygens (including phenoxy) is 1. The van der Waals surface area contributed by atoms with E-state index in [-0.39, 0.29) is 0 Å². The molecule has 0 saturated carbocycles. The summed E-state index contributed by atoms with van der Waals surface area (Å²) in [5.41, 5.74) is 3.03. The number of rotatable bonds is 5. The molecular weight excluding hydrogens is 336 g/mol. The lowest BCUT2D eigenvalue weighted by Crippen LogP contribution is -2.15. The quantitative estimate of drug-likeness (QED) is 0.466. The number of nitrogens with zero attached hydrogens (tertiary/aromatic N) is 2. The fraction of sp³-hybridized carbons (Fsp3) is 0.250. The molecule has 25 heavy (non-hydrogen) atoms. The molecule has 0 spiro atoms. The minimum Gasteiger partial charge on any atom is -0.494 e. The first-order chi connectivity index (χ1) is 12.1. The Hall–Kier alpha value is -2.30. The Morgan fingerprint density at radius 2 is 1.96 bits per heavy atom. The summed E-state index contributed by atoms with van der Waals surface area (Å²) < 4.78 is 11.8. The largest absolute Gasteiger partial charge is 0.494 e. The Labute approximate surface area is 150 Å². The Morgan fingerprint density at radius 3 is 2.80 bits per heavy atom. The summed E-state index contributed by atoms with van der Waals surface area (Å²) in [4.78, 5) is 6.89. The molecule has 2 aromatic carbocycles. The Kier molecular flexibility index (Phi) is 4.24. The molecular formula is C20H19ClN2O2. The summed E-state index contributed by atoms with van der Waals surface area (Å²) in [7, 11) is 4.12. The van der Waals surface area contributed by atoms with Crippen LogP contribution in [0.2, 0.25) is 5.02 Å². The second-order valence-electron chi connectivity index (χ2n) is 6.39. The molecule has 5 heteroatoms. The SMILES string of the molecule is CN(C)CCCOc1ccc2oc3c(Cl)c4ccccc4nc3c2c1. The van der Waals surface area contributed by atoms with Crippen molar-refractivity contribution in [2.75, 3.05) is 27.2 Å². The number of hydrogen-bond acceptors (Lipinski definition) is 4. The van der Waals surface area contributed by atoms with Crippen LogP contribution in [0.4, 0.5) is 0 Å². The van der Waals surface area contributed by atoms with Gasteiger partial charge in [0.15, 0.2) is 5.58 Å².